The van der Waals surface area contributed by atoms with Crippen LogP contribution in [0.5, 0.6) is 0 Å². The van der Waals surface area contributed by atoms with Gasteiger partial charge in [-0.2, -0.15) is 0 Å². The van der Waals surface area contributed by atoms with E-state index in [1.807, 2.05) is 0 Å². The zero-order chi connectivity index (χ0) is 13.9. The molecule has 2 atom stereocenters. The van der Waals surface area contributed by atoms with Crippen LogP contribution in [0.3, 0.4) is 0 Å². The number of halogens is 1. The number of likely N-dealkylation sites (tertiary alicyclic amines) is 1. The summed E-state index contributed by atoms with van der Waals surface area (Å²) in [5.41, 5.74) is 6.07. The summed E-state index contributed by atoms with van der Waals surface area (Å²) in [6, 6.07) is 0.226. The SMILES string of the molecule is CC(N)C1CCN(C(=O)C23CC4CC(CC(C4)C2)C3)C1.Cl. The van der Waals surface area contributed by atoms with E-state index in [1.54, 1.807) is 0 Å². The van der Waals surface area contributed by atoms with Crippen molar-refractivity contribution in [3.8, 4) is 0 Å². The minimum absolute atomic E-state index is 0. The van der Waals surface area contributed by atoms with E-state index in [4.69, 9.17) is 5.73 Å². The lowest BCUT2D eigenvalue weighted by Crippen LogP contribution is -2.54. The largest absolute Gasteiger partial charge is 0.342 e. The Morgan fingerprint density at radius 3 is 2.10 bits per heavy atom. The third kappa shape index (κ3) is 2.50. The Morgan fingerprint density at radius 1 is 1.14 bits per heavy atom. The maximum atomic E-state index is 13.2. The summed E-state index contributed by atoms with van der Waals surface area (Å²) in [7, 11) is 0. The Bertz CT molecular complexity index is 388. The number of rotatable bonds is 2. The predicted octanol–water partition coefficient (Wildman–Crippen LogP) is 2.82. The standard InChI is InChI=1S/C17H28N2O.ClH/c1-11(18)15-2-3-19(10-15)16(20)17-7-12-4-13(8-17)6-14(5-12)9-17;/h11-15H,2-10,18H2,1H3;1H. The highest BCUT2D eigenvalue weighted by molar-refractivity contribution is 5.85. The molecule has 2 unspecified atom stereocenters. The van der Waals surface area contributed by atoms with Gasteiger partial charge >= 0.3 is 0 Å². The Balaban J connectivity index is 0.00000132. The third-order valence-corrected chi connectivity index (χ3v) is 6.75. The summed E-state index contributed by atoms with van der Waals surface area (Å²) < 4.78 is 0. The van der Waals surface area contributed by atoms with Crippen molar-refractivity contribution < 1.29 is 4.79 Å². The summed E-state index contributed by atoms with van der Waals surface area (Å²) in [5, 5.41) is 0. The van der Waals surface area contributed by atoms with Crippen molar-refractivity contribution in [2.75, 3.05) is 13.1 Å². The molecule has 1 saturated heterocycles. The van der Waals surface area contributed by atoms with Crippen LogP contribution in [0.4, 0.5) is 0 Å². The minimum Gasteiger partial charge on any atom is -0.342 e. The Hall–Kier alpha value is -0.280. The van der Waals surface area contributed by atoms with Crippen LogP contribution in [0.1, 0.15) is 51.9 Å². The summed E-state index contributed by atoms with van der Waals surface area (Å²) in [6.45, 7) is 3.95. The van der Waals surface area contributed by atoms with E-state index in [9.17, 15) is 4.79 Å². The lowest BCUT2D eigenvalue weighted by atomic mass is 9.49. The second kappa shape index (κ2) is 5.42. The molecular weight excluding hydrogens is 284 g/mol. The van der Waals surface area contributed by atoms with Crippen molar-refractivity contribution in [1.82, 2.24) is 4.90 Å². The number of hydrogen-bond donors (Lipinski definition) is 1. The van der Waals surface area contributed by atoms with Gasteiger partial charge < -0.3 is 10.6 Å². The second-order valence-electron chi connectivity index (χ2n) is 8.36. The molecule has 2 N–H and O–H groups in total. The van der Waals surface area contributed by atoms with E-state index in [-0.39, 0.29) is 23.9 Å². The Labute approximate surface area is 134 Å². The van der Waals surface area contributed by atoms with Gasteiger partial charge in [-0.3, -0.25) is 4.79 Å². The van der Waals surface area contributed by atoms with Crippen LogP contribution in [0.2, 0.25) is 0 Å². The van der Waals surface area contributed by atoms with Crippen LogP contribution in [0.15, 0.2) is 0 Å². The van der Waals surface area contributed by atoms with E-state index in [1.165, 1.54) is 38.5 Å². The van der Waals surface area contributed by atoms with Gasteiger partial charge in [0.2, 0.25) is 5.91 Å². The molecule has 0 aromatic carbocycles. The molecule has 5 rings (SSSR count). The molecule has 5 fully saturated rings. The first-order valence-corrected chi connectivity index (χ1v) is 8.61. The highest BCUT2D eigenvalue weighted by Gasteiger charge is 2.56. The van der Waals surface area contributed by atoms with Gasteiger partial charge in [0.05, 0.1) is 5.41 Å². The van der Waals surface area contributed by atoms with Gasteiger partial charge in [-0.1, -0.05) is 0 Å². The second-order valence-corrected chi connectivity index (χ2v) is 8.36. The average Bonchev–Trinajstić information content (AvgIpc) is 2.85. The molecule has 3 nitrogen and oxygen atoms in total. The Kier molecular flexibility index (Phi) is 4.03. The predicted molar refractivity (Wildman–Crippen MR) is 86.2 cm³/mol. The molecule has 1 aliphatic heterocycles. The molecule has 5 aliphatic rings. The molecule has 0 aromatic heterocycles. The number of nitrogens with two attached hydrogens (primary N) is 1. The molecular formula is C17H29ClN2O. The van der Waals surface area contributed by atoms with Crippen molar-refractivity contribution in [2.45, 2.75) is 57.9 Å². The fraction of sp³-hybridized carbons (Fsp3) is 0.941. The van der Waals surface area contributed by atoms with Gasteiger partial charge in [0.25, 0.3) is 0 Å². The Morgan fingerprint density at radius 2 is 1.67 bits per heavy atom. The lowest BCUT2D eigenvalue weighted by Gasteiger charge is -2.56. The van der Waals surface area contributed by atoms with Crippen LogP contribution in [-0.2, 0) is 4.79 Å². The summed E-state index contributed by atoms with van der Waals surface area (Å²) in [6.07, 6.45) is 8.92. The van der Waals surface area contributed by atoms with E-state index in [0.717, 1.165) is 37.3 Å². The highest BCUT2D eigenvalue weighted by atomic mass is 35.5. The van der Waals surface area contributed by atoms with E-state index in [0.29, 0.717) is 11.8 Å². The van der Waals surface area contributed by atoms with Gasteiger partial charge in [0.15, 0.2) is 0 Å². The van der Waals surface area contributed by atoms with Crippen LogP contribution >= 0.6 is 12.4 Å². The first kappa shape index (κ1) is 15.6. The number of amides is 1. The van der Waals surface area contributed by atoms with Crippen molar-refractivity contribution in [2.24, 2.45) is 34.8 Å². The van der Waals surface area contributed by atoms with E-state index < -0.39 is 0 Å². The summed E-state index contributed by atoms with van der Waals surface area (Å²) >= 11 is 0. The fourth-order valence-electron chi connectivity index (χ4n) is 6.11. The number of nitrogens with zero attached hydrogens (tertiary/aromatic N) is 1. The van der Waals surface area contributed by atoms with Gasteiger partial charge in [-0.05, 0) is 75.5 Å². The van der Waals surface area contributed by atoms with Crippen LogP contribution in [0.25, 0.3) is 0 Å². The maximum absolute atomic E-state index is 13.2. The zero-order valence-electron chi connectivity index (χ0n) is 13.1. The molecule has 4 bridgehead atoms. The molecule has 4 saturated carbocycles. The number of carbonyl (C=O) groups excluding carboxylic acids is 1. The fourth-order valence-corrected chi connectivity index (χ4v) is 6.11. The molecule has 0 spiro atoms. The quantitative estimate of drug-likeness (QED) is 0.852. The molecule has 4 heteroatoms. The summed E-state index contributed by atoms with van der Waals surface area (Å²) in [5.74, 6) is 3.60. The minimum atomic E-state index is 0. The van der Waals surface area contributed by atoms with Gasteiger partial charge in [-0.25, -0.2) is 0 Å². The molecule has 0 radical (unpaired) electrons. The molecule has 21 heavy (non-hydrogen) atoms. The van der Waals surface area contributed by atoms with Crippen molar-refractivity contribution >= 4 is 18.3 Å². The van der Waals surface area contributed by atoms with Crippen LogP contribution < -0.4 is 5.73 Å². The van der Waals surface area contributed by atoms with Crippen molar-refractivity contribution in [1.29, 1.82) is 0 Å². The van der Waals surface area contributed by atoms with Gasteiger partial charge in [0.1, 0.15) is 0 Å². The van der Waals surface area contributed by atoms with Crippen LogP contribution in [0, 0.1) is 29.1 Å². The number of hydrogen-bond acceptors (Lipinski definition) is 2. The molecule has 4 aliphatic carbocycles. The normalized spacial score (nSPS) is 45.5. The summed E-state index contributed by atoms with van der Waals surface area (Å²) in [4.78, 5) is 15.3. The van der Waals surface area contributed by atoms with E-state index >= 15 is 0 Å². The molecule has 120 valence electrons. The van der Waals surface area contributed by atoms with Crippen molar-refractivity contribution in [3.05, 3.63) is 0 Å². The van der Waals surface area contributed by atoms with Crippen LogP contribution in [-0.4, -0.2) is 29.9 Å². The smallest absolute Gasteiger partial charge is 0.228 e. The first-order chi connectivity index (χ1) is 9.56. The zero-order valence-corrected chi connectivity index (χ0v) is 13.9. The van der Waals surface area contributed by atoms with E-state index in [2.05, 4.69) is 11.8 Å². The topological polar surface area (TPSA) is 46.3 Å². The van der Waals surface area contributed by atoms with Gasteiger partial charge in [-0.15, -0.1) is 12.4 Å². The molecule has 1 heterocycles. The average molecular weight is 313 g/mol. The van der Waals surface area contributed by atoms with Crippen molar-refractivity contribution in [3.63, 3.8) is 0 Å². The maximum Gasteiger partial charge on any atom is 0.228 e. The molecule has 1 amide bonds. The third-order valence-electron chi connectivity index (χ3n) is 6.75. The number of carbonyl (C=O) groups is 1. The van der Waals surface area contributed by atoms with Gasteiger partial charge in [0, 0.05) is 19.1 Å². The highest BCUT2D eigenvalue weighted by Crippen LogP contribution is 2.60. The monoisotopic (exact) mass is 312 g/mol. The lowest BCUT2D eigenvalue weighted by molar-refractivity contribution is -0.156. The first-order valence-electron chi connectivity index (χ1n) is 8.61. The molecule has 0 aromatic rings.